The summed E-state index contributed by atoms with van der Waals surface area (Å²) in [5, 5.41) is 11.7. The van der Waals surface area contributed by atoms with Crippen LogP contribution in [0.2, 0.25) is 0 Å². The minimum Gasteiger partial charge on any atom is -0.481 e. The van der Waals surface area contributed by atoms with Gasteiger partial charge in [0.2, 0.25) is 0 Å². The van der Waals surface area contributed by atoms with Crippen molar-refractivity contribution in [3.8, 4) is 0 Å². The van der Waals surface area contributed by atoms with Gasteiger partial charge in [-0.25, -0.2) is 4.79 Å². The number of ether oxygens (including phenoxy) is 1. The summed E-state index contributed by atoms with van der Waals surface area (Å²) in [6.45, 7) is 3.95. The van der Waals surface area contributed by atoms with Gasteiger partial charge in [0.25, 0.3) is 0 Å². The molecule has 98 valence electrons. The van der Waals surface area contributed by atoms with Crippen LogP contribution in [-0.2, 0) is 9.53 Å². The molecule has 2 N–H and O–H groups in total. The molecule has 1 rings (SSSR count). The highest BCUT2D eigenvalue weighted by Gasteiger charge is 2.30. The zero-order chi connectivity index (χ0) is 12.8. The van der Waals surface area contributed by atoms with E-state index < -0.39 is 12.1 Å². The van der Waals surface area contributed by atoms with Gasteiger partial charge in [0.05, 0.1) is 12.0 Å². The van der Waals surface area contributed by atoms with Crippen LogP contribution in [0, 0.1) is 11.8 Å². The van der Waals surface area contributed by atoms with Crippen LogP contribution in [0.5, 0.6) is 0 Å². The Labute approximate surface area is 102 Å². The molecule has 0 heterocycles. The first-order valence-electron chi connectivity index (χ1n) is 6.18. The Hall–Kier alpha value is -1.26. The van der Waals surface area contributed by atoms with Crippen LogP contribution in [0.15, 0.2) is 0 Å². The van der Waals surface area contributed by atoms with Gasteiger partial charge in [-0.1, -0.05) is 12.8 Å². The number of carbonyl (C=O) groups excluding carboxylic acids is 1. The molecular formula is C12H21NO4. The molecule has 1 aliphatic rings. The molecule has 5 nitrogen and oxygen atoms in total. The lowest BCUT2D eigenvalue weighted by Gasteiger charge is -2.28. The second-order valence-corrected chi connectivity index (χ2v) is 4.82. The summed E-state index contributed by atoms with van der Waals surface area (Å²) in [6, 6.07) is 0. The molecule has 1 fully saturated rings. The normalized spacial score (nSPS) is 24.4. The second-order valence-electron chi connectivity index (χ2n) is 4.82. The summed E-state index contributed by atoms with van der Waals surface area (Å²) in [7, 11) is 0. The van der Waals surface area contributed by atoms with Crippen molar-refractivity contribution in [2.45, 2.75) is 45.6 Å². The Morgan fingerprint density at radius 2 is 2.00 bits per heavy atom. The maximum atomic E-state index is 11.3. The quantitative estimate of drug-likeness (QED) is 0.792. The van der Waals surface area contributed by atoms with E-state index in [4.69, 9.17) is 9.84 Å². The number of aliphatic carboxylic acids is 1. The topological polar surface area (TPSA) is 75.6 Å². The third kappa shape index (κ3) is 4.63. The average molecular weight is 243 g/mol. The Morgan fingerprint density at radius 1 is 1.35 bits per heavy atom. The molecule has 0 spiro atoms. The number of hydrogen-bond acceptors (Lipinski definition) is 3. The third-order valence-electron chi connectivity index (χ3n) is 3.08. The van der Waals surface area contributed by atoms with E-state index in [9.17, 15) is 9.59 Å². The van der Waals surface area contributed by atoms with Gasteiger partial charge >= 0.3 is 12.1 Å². The zero-order valence-electron chi connectivity index (χ0n) is 10.4. The second kappa shape index (κ2) is 6.47. The molecule has 1 saturated carbocycles. The highest BCUT2D eigenvalue weighted by molar-refractivity contribution is 5.71. The molecule has 17 heavy (non-hydrogen) atoms. The number of alkyl carbamates (subject to hydrolysis) is 1. The predicted octanol–water partition coefficient (Wildman–Crippen LogP) is 2.01. The summed E-state index contributed by atoms with van der Waals surface area (Å²) in [6.07, 6.45) is 2.95. The van der Waals surface area contributed by atoms with Gasteiger partial charge in [0.1, 0.15) is 0 Å². The number of carbonyl (C=O) groups is 2. The Balaban J connectivity index is 2.38. The number of hydrogen-bond donors (Lipinski definition) is 2. The fourth-order valence-corrected chi connectivity index (χ4v) is 2.25. The van der Waals surface area contributed by atoms with E-state index in [-0.39, 0.29) is 17.9 Å². The molecule has 0 aliphatic heterocycles. The highest BCUT2D eigenvalue weighted by Crippen LogP contribution is 2.29. The van der Waals surface area contributed by atoms with Crippen molar-refractivity contribution in [2.24, 2.45) is 11.8 Å². The van der Waals surface area contributed by atoms with Crippen LogP contribution in [-0.4, -0.2) is 29.8 Å². The van der Waals surface area contributed by atoms with E-state index in [1.807, 2.05) is 0 Å². The maximum absolute atomic E-state index is 11.3. The van der Waals surface area contributed by atoms with Crippen LogP contribution >= 0.6 is 0 Å². The first-order chi connectivity index (χ1) is 8.00. The fraction of sp³-hybridized carbons (Fsp3) is 0.833. The summed E-state index contributed by atoms with van der Waals surface area (Å²) in [5.41, 5.74) is 0. The molecule has 5 heteroatoms. The van der Waals surface area contributed by atoms with Gasteiger partial charge in [-0.2, -0.15) is 0 Å². The first-order valence-corrected chi connectivity index (χ1v) is 6.18. The fourth-order valence-electron chi connectivity index (χ4n) is 2.25. The van der Waals surface area contributed by atoms with E-state index in [1.165, 1.54) is 0 Å². The average Bonchev–Trinajstić information content (AvgIpc) is 2.25. The molecule has 1 aliphatic carbocycles. The number of carboxylic acid groups (broad SMARTS) is 1. The van der Waals surface area contributed by atoms with Crippen molar-refractivity contribution in [2.75, 3.05) is 6.54 Å². The van der Waals surface area contributed by atoms with Crippen molar-refractivity contribution >= 4 is 12.1 Å². The molecular weight excluding hydrogens is 222 g/mol. The zero-order valence-corrected chi connectivity index (χ0v) is 10.4. The number of carboxylic acids is 1. The summed E-state index contributed by atoms with van der Waals surface area (Å²) in [5.74, 6) is -1.06. The summed E-state index contributed by atoms with van der Waals surface area (Å²) < 4.78 is 4.94. The molecule has 2 atom stereocenters. The number of nitrogens with one attached hydrogen (secondary N) is 1. The maximum Gasteiger partial charge on any atom is 0.407 e. The van der Waals surface area contributed by atoms with Crippen LogP contribution in [0.1, 0.15) is 39.5 Å². The Bertz CT molecular complexity index is 278. The van der Waals surface area contributed by atoms with Crippen molar-refractivity contribution in [1.82, 2.24) is 5.32 Å². The van der Waals surface area contributed by atoms with Gasteiger partial charge < -0.3 is 15.2 Å². The molecule has 0 bridgehead atoms. The third-order valence-corrected chi connectivity index (χ3v) is 3.08. The Morgan fingerprint density at radius 3 is 2.59 bits per heavy atom. The van der Waals surface area contributed by atoms with Crippen LogP contribution in [0.4, 0.5) is 4.79 Å². The molecule has 0 radical (unpaired) electrons. The lowest BCUT2D eigenvalue weighted by Crippen LogP contribution is -2.38. The molecule has 0 aromatic heterocycles. The Kier molecular flexibility index (Phi) is 5.25. The minimum absolute atomic E-state index is 0.0287. The summed E-state index contributed by atoms with van der Waals surface area (Å²) >= 11 is 0. The molecule has 1 amide bonds. The lowest BCUT2D eigenvalue weighted by molar-refractivity contribution is -0.144. The van der Waals surface area contributed by atoms with E-state index >= 15 is 0 Å². The van der Waals surface area contributed by atoms with Gasteiger partial charge in [-0.15, -0.1) is 0 Å². The van der Waals surface area contributed by atoms with Crippen LogP contribution in [0.25, 0.3) is 0 Å². The SMILES string of the molecule is CC(C)OC(=O)NCC1CCCCC1C(=O)O. The van der Waals surface area contributed by atoms with E-state index in [2.05, 4.69) is 5.32 Å². The lowest BCUT2D eigenvalue weighted by atomic mass is 9.79. The molecule has 0 saturated heterocycles. The van der Waals surface area contributed by atoms with Gasteiger partial charge in [0, 0.05) is 6.54 Å². The smallest absolute Gasteiger partial charge is 0.407 e. The standard InChI is InChI=1S/C12H21NO4/c1-8(2)17-12(16)13-7-9-5-3-4-6-10(9)11(14)15/h8-10H,3-7H2,1-2H3,(H,13,16)(H,14,15). The van der Waals surface area contributed by atoms with Gasteiger partial charge in [0.15, 0.2) is 0 Å². The number of rotatable bonds is 4. The van der Waals surface area contributed by atoms with E-state index in [1.54, 1.807) is 13.8 Å². The van der Waals surface area contributed by atoms with Crippen LogP contribution < -0.4 is 5.32 Å². The predicted molar refractivity (Wildman–Crippen MR) is 62.7 cm³/mol. The first kappa shape index (κ1) is 13.8. The van der Waals surface area contributed by atoms with Gasteiger partial charge in [-0.3, -0.25) is 4.79 Å². The molecule has 0 aromatic rings. The van der Waals surface area contributed by atoms with Crippen molar-refractivity contribution in [3.63, 3.8) is 0 Å². The monoisotopic (exact) mass is 243 g/mol. The van der Waals surface area contributed by atoms with Crippen molar-refractivity contribution in [3.05, 3.63) is 0 Å². The van der Waals surface area contributed by atoms with E-state index in [0.29, 0.717) is 13.0 Å². The van der Waals surface area contributed by atoms with Crippen molar-refractivity contribution < 1.29 is 19.4 Å². The highest BCUT2D eigenvalue weighted by atomic mass is 16.6. The summed E-state index contributed by atoms with van der Waals surface area (Å²) in [4.78, 5) is 22.3. The van der Waals surface area contributed by atoms with Crippen molar-refractivity contribution in [1.29, 1.82) is 0 Å². The molecule has 2 unspecified atom stereocenters. The van der Waals surface area contributed by atoms with E-state index in [0.717, 1.165) is 19.3 Å². The number of amides is 1. The van der Waals surface area contributed by atoms with Crippen LogP contribution in [0.3, 0.4) is 0 Å². The largest absolute Gasteiger partial charge is 0.481 e. The molecule has 0 aromatic carbocycles. The van der Waals surface area contributed by atoms with Gasteiger partial charge in [-0.05, 0) is 32.6 Å². The minimum atomic E-state index is -0.756.